The number of carboxylic acid groups (broad SMARTS) is 1. The van der Waals surface area contributed by atoms with Gasteiger partial charge in [0, 0.05) is 12.8 Å². The van der Waals surface area contributed by atoms with E-state index in [1.165, 1.54) is 44.9 Å². The lowest BCUT2D eigenvalue weighted by molar-refractivity contribution is -0.145. The second-order valence-corrected chi connectivity index (χ2v) is 9.27. The maximum absolute atomic E-state index is 12.4. The van der Waals surface area contributed by atoms with Gasteiger partial charge in [0.05, 0.1) is 0 Å². The normalized spacial score (nSPS) is 12.5. The summed E-state index contributed by atoms with van der Waals surface area (Å²) in [5, 5.41) is 10.9. The Balaban J connectivity index is 4.24. The number of aliphatic carboxylic acids is 1. The molecule has 0 aliphatic heterocycles. The molecule has 2 N–H and O–H groups in total. The van der Waals surface area contributed by atoms with Gasteiger partial charge in [-0.15, -0.1) is 0 Å². The molecule has 6 nitrogen and oxygen atoms in total. The molecule has 0 saturated carbocycles. The molecule has 0 rings (SSSR count). The van der Waals surface area contributed by atoms with Crippen LogP contribution < -0.4 is 5.32 Å². The third-order valence-corrected chi connectivity index (χ3v) is 5.79. The first-order chi connectivity index (χ1) is 17.5. The molecule has 0 bridgehead atoms. The van der Waals surface area contributed by atoms with E-state index in [0.717, 1.165) is 51.4 Å². The van der Waals surface area contributed by atoms with E-state index < -0.39 is 5.97 Å². The number of nitrogens with one attached hydrogen (secondary N) is 1. The fourth-order valence-corrected chi connectivity index (χ4v) is 3.71. The Morgan fingerprint density at radius 1 is 0.750 bits per heavy atom. The van der Waals surface area contributed by atoms with E-state index in [4.69, 9.17) is 9.84 Å². The smallest absolute Gasteiger partial charge is 0.322 e. The molecule has 1 atom stereocenters. The first-order valence-corrected chi connectivity index (χ1v) is 14.2. The molecule has 0 aliphatic carbocycles. The van der Waals surface area contributed by atoms with Crippen molar-refractivity contribution in [1.29, 1.82) is 0 Å². The number of amides is 1. The molecule has 0 radical (unpaired) electrons. The maximum Gasteiger partial charge on any atom is 0.322 e. The fourth-order valence-electron chi connectivity index (χ4n) is 3.71. The Kier molecular flexibility index (Phi) is 24.0. The van der Waals surface area contributed by atoms with Crippen molar-refractivity contribution in [2.45, 2.75) is 129 Å². The number of allylic oxidation sites excluding steroid dienone is 4. The molecule has 1 amide bonds. The lowest BCUT2D eigenvalue weighted by Crippen LogP contribution is -2.28. The first kappa shape index (κ1) is 33.6. The molecule has 0 spiro atoms. The molecule has 206 valence electrons. The van der Waals surface area contributed by atoms with Crippen LogP contribution in [0.3, 0.4) is 0 Å². The van der Waals surface area contributed by atoms with Gasteiger partial charge in [-0.1, -0.05) is 95.9 Å². The number of hydrogen-bond acceptors (Lipinski definition) is 4. The number of carboxylic acids is 1. The lowest BCUT2D eigenvalue weighted by Gasteiger charge is -2.11. The molecule has 0 saturated heterocycles. The zero-order valence-corrected chi connectivity index (χ0v) is 22.8. The van der Waals surface area contributed by atoms with Crippen LogP contribution in [0.4, 0.5) is 0 Å². The quantitative estimate of drug-likeness (QED) is 0.0808. The fraction of sp³-hybridized carbons (Fsp3) is 0.700. The van der Waals surface area contributed by atoms with E-state index in [2.05, 4.69) is 31.3 Å². The topological polar surface area (TPSA) is 92.7 Å². The van der Waals surface area contributed by atoms with E-state index in [1.807, 2.05) is 24.3 Å². The lowest BCUT2D eigenvalue weighted by atomic mass is 10.1. The van der Waals surface area contributed by atoms with E-state index in [1.54, 1.807) is 0 Å². The van der Waals surface area contributed by atoms with Crippen LogP contribution in [0.2, 0.25) is 0 Å². The largest absolute Gasteiger partial charge is 0.480 e. The molecule has 6 heteroatoms. The molecule has 0 heterocycles. The molecule has 1 unspecified atom stereocenters. The Hall–Kier alpha value is -2.37. The number of rotatable bonds is 24. The average Bonchev–Trinajstić information content (AvgIpc) is 2.85. The Morgan fingerprint density at radius 2 is 1.36 bits per heavy atom. The van der Waals surface area contributed by atoms with Gasteiger partial charge in [-0.05, 0) is 50.7 Å². The van der Waals surface area contributed by atoms with Crippen molar-refractivity contribution in [3.05, 3.63) is 36.5 Å². The number of esters is 1. The number of carbonyl (C=O) groups excluding carboxylic acids is 2. The predicted octanol–water partition coefficient (Wildman–Crippen LogP) is 7.44. The van der Waals surface area contributed by atoms with Crippen LogP contribution in [0, 0.1) is 0 Å². The summed E-state index contributed by atoms with van der Waals surface area (Å²) >= 11 is 0. The van der Waals surface area contributed by atoms with Gasteiger partial charge in [0.15, 0.2) is 0 Å². The van der Waals surface area contributed by atoms with Crippen molar-refractivity contribution in [3.8, 4) is 0 Å². The highest BCUT2D eigenvalue weighted by atomic mass is 16.5. The molecule has 0 aromatic rings. The third kappa shape index (κ3) is 24.7. The number of hydrogen-bond donors (Lipinski definition) is 2. The van der Waals surface area contributed by atoms with Gasteiger partial charge in [-0.25, -0.2) is 0 Å². The minimum atomic E-state index is -1.03. The van der Waals surface area contributed by atoms with Crippen molar-refractivity contribution in [1.82, 2.24) is 5.32 Å². The summed E-state index contributed by atoms with van der Waals surface area (Å²) in [6, 6.07) is 0. The van der Waals surface area contributed by atoms with Gasteiger partial charge in [0.2, 0.25) is 5.91 Å². The SMILES string of the molecule is CC/C=C\C/C=C\C(/C=C\CCCCCC(=O)NCC(=O)O)OC(=O)CCCCCCCCCCC. The van der Waals surface area contributed by atoms with Gasteiger partial charge in [0.1, 0.15) is 12.6 Å². The summed E-state index contributed by atoms with van der Waals surface area (Å²) in [5.41, 5.74) is 0. The van der Waals surface area contributed by atoms with Crippen LogP contribution in [0.25, 0.3) is 0 Å². The molecular formula is C30H51NO5. The molecule has 0 aromatic heterocycles. The van der Waals surface area contributed by atoms with Crippen molar-refractivity contribution in [3.63, 3.8) is 0 Å². The number of carbonyl (C=O) groups is 3. The van der Waals surface area contributed by atoms with Crippen molar-refractivity contribution >= 4 is 17.8 Å². The Labute approximate surface area is 219 Å². The summed E-state index contributed by atoms with van der Waals surface area (Å²) in [5.74, 6) is -1.41. The van der Waals surface area contributed by atoms with Gasteiger partial charge < -0.3 is 15.2 Å². The van der Waals surface area contributed by atoms with E-state index in [0.29, 0.717) is 12.8 Å². The van der Waals surface area contributed by atoms with Gasteiger partial charge in [-0.2, -0.15) is 0 Å². The number of unbranched alkanes of at least 4 members (excludes halogenated alkanes) is 11. The molecular weight excluding hydrogens is 454 g/mol. The summed E-state index contributed by atoms with van der Waals surface area (Å²) in [7, 11) is 0. The summed E-state index contributed by atoms with van der Waals surface area (Å²) in [4.78, 5) is 34.3. The predicted molar refractivity (Wildman–Crippen MR) is 148 cm³/mol. The Morgan fingerprint density at radius 3 is 2.03 bits per heavy atom. The van der Waals surface area contributed by atoms with Gasteiger partial charge >= 0.3 is 11.9 Å². The standard InChI is InChI=1S/C30H51NO5/c1-3-5-7-9-10-11-12-17-21-25-30(35)36-27(22-18-14-8-6-4-2)23-19-15-13-16-20-24-28(32)31-26-29(33)34/h6,8,18-19,22-23,27H,3-5,7,9-17,20-21,24-26H2,1-2H3,(H,31,32)(H,33,34)/b8-6-,22-18-,23-19-. The van der Waals surface area contributed by atoms with Crippen LogP contribution in [0.1, 0.15) is 123 Å². The van der Waals surface area contributed by atoms with E-state index in [-0.39, 0.29) is 24.5 Å². The average molecular weight is 506 g/mol. The van der Waals surface area contributed by atoms with Crippen molar-refractivity contribution < 1.29 is 24.2 Å². The van der Waals surface area contributed by atoms with Gasteiger partial charge in [-0.3, -0.25) is 14.4 Å². The van der Waals surface area contributed by atoms with Crippen molar-refractivity contribution in [2.24, 2.45) is 0 Å². The zero-order chi connectivity index (χ0) is 26.7. The molecule has 0 aromatic carbocycles. The summed E-state index contributed by atoms with van der Waals surface area (Å²) < 4.78 is 5.70. The third-order valence-electron chi connectivity index (χ3n) is 5.79. The highest BCUT2D eigenvalue weighted by molar-refractivity contribution is 5.80. The van der Waals surface area contributed by atoms with Crippen LogP contribution in [0.5, 0.6) is 0 Å². The minimum Gasteiger partial charge on any atom is -0.480 e. The highest BCUT2D eigenvalue weighted by Gasteiger charge is 2.08. The van der Waals surface area contributed by atoms with E-state index in [9.17, 15) is 14.4 Å². The monoisotopic (exact) mass is 505 g/mol. The minimum absolute atomic E-state index is 0.145. The van der Waals surface area contributed by atoms with Crippen LogP contribution >= 0.6 is 0 Å². The van der Waals surface area contributed by atoms with Crippen molar-refractivity contribution in [2.75, 3.05) is 6.54 Å². The van der Waals surface area contributed by atoms with Crippen LogP contribution in [-0.2, 0) is 19.1 Å². The zero-order valence-electron chi connectivity index (χ0n) is 22.8. The number of ether oxygens (including phenoxy) is 1. The molecule has 36 heavy (non-hydrogen) atoms. The second kappa shape index (κ2) is 25.7. The summed E-state index contributed by atoms with van der Waals surface area (Å²) in [6.45, 7) is 4.00. The second-order valence-electron chi connectivity index (χ2n) is 9.27. The maximum atomic E-state index is 12.4. The van der Waals surface area contributed by atoms with Crippen LogP contribution in [-0.4, -0.2) is 35.6 Å². The van der Waals surface area contributed by atoms with Gasteiger partial charge in [0.25, 0.3) is 0 Å². The van der Waals surface area contributed by atoms with E-state index >= 15 is 0 Å². The van der Waals surface area contributed by atoms with Crippen LogP contribution in [0.15, 0.2) is 36.5 Å². The Bertz CT molecular complexity index is 654. The first-order valence-electron chi connectivity index (χ1n) is 14.2. The summed E-state index contributed by atoms with van der Waals surface area (Å²) in [6.07, 6.45) is 28.8. The molecule has 0 fully saturated rings. The highest BCUT2D eigenvalue weighted by Crippen LogP contribution is 2.12. The molecule has 0 aliphatic rings.